The van der Waals surface area contributed by atoms with Gasteiger partial charge < -0.3 is 15.8 Å². The number of nitrogens with one attached hydrogen (secondary N) is 1. The molecule has 1 aromatic carbocycles. The van der Waals surface area contributed by atoms with Gasteiger partial charge in [-0.25, -0.2) is 12.7 Å². The van der Waals surface area contributed by atoms with Crippen molar-refractivity contribution in [2.75, 3.05) is 31.2 Å². The minimum Gasteiger partial charge on any atom is -0.404 e. The highest BCUT2D eigenvalue weighted by Crippen LogP contribution is 2.29. The van der Waals surface area contributed by atoms with Crippen LogP contribution in [0.4, 0.5) is 18.9 Å². The van der Waals surface area contributed by atoms with E-state index in [-0.39, 0.29) is 24.1 Å². The molecule has 1 unspecified atom stereocenters. The van der Waals surface area contributed by atoms with Crippen molar-refractivity contribution in [3.8, 4) is 5.75 Å². The molecule has 1 aromatic rings. The molecule has 2 rings (SSSR count). The van der Waals surface area contributed by atoms with Crippen LogP contribution in [0.3, 0.4) is 0 Å². The van der Waals surface area contributed by atoms with Crippen LogP contribution in [0.2, 0.25) is 0 Å². The summed E-state index contributed by atoms with van der Waals surface area (Å²) in [5, 5.41) is 2.57. The largest absolute Gasteiger partial charge is 0.573 e. The lowest BCUT2D eigenvalue weighted by Gasteiger charge is -2.14. The Balaban J connectivity index is 1.96. The number of para-hydroxylation sites is 2. The van der Waals surface area contributed by atoms with E-state index in [0.29, 0.717) is 19.5 Å². The molecular formula is C14H19F3N4O3S. The molecule has 11 heteroatoms. The summed E-state index contributed by atoms with van der Waals surface area (Å²) in [6.45, 7) is 1.05. The third-order valence-electron chi connectivity index (χ3n) is 3.61. The number of nitrogens with zero attached hydrogens (tertiary/aromatic N) is 2. The van der Waals surface area contributed by atoms with E-state index >= 15 is 0 Å². The second-order valence-corrected chi connectivity index (χ2v) is 7.65. The van der Waals surface area contributed by atoms with E-state index < -0.39 is 22.1 Å². The third kappa shape index (κ3) is 6.09. The zero-order valence-corrected chi connectivity index (χ0v) is 14.3. The molecule has 1 aliphatic rings. The lowest BCUT2D eigenvalue weighted by molar-refractivity contribution is -0.274. The van der Waals surface area contributed by atoms with Crippen LogP contribution in [-0.2, 0) is 10.0 Å². The molecule has 0 spiro atoms. The van der Waals surface area contributed by atoms with Gasteiger partial charge in [-0.2, -0.15) is 0 Å². The fourth-order valence-corrected chi connectivity index (χ4v) is 3.35. The van der Waals surface area contributed by atoms with E-state index in [9.17, 15) is 21.6 Å². The van der Waals surface area contributed by atoms with E-state index in [1.165, 1.54) is 22.5 Å². The van der Waals surface area contributed by atoms with E-state index in [2.05, 4.69) is 15.0 Å². The first-order valence-electron chi connectivity index (χ1n) is 7.41. The maximum absolute atomic E-state index is 12.4. The minimum absolute atomic E-state index is 0.0109. The van der Waals surface area contributed by atoms with Gasteiger partial charge in [-0.05, 0) is 24.5 Å². The topological polar surface area (TPSA) is 97.0 Å². The summed E-state index contributed by atoms with van der Waals surface area (Å²) in [5.41, 5.74) is 5.74. The second-order valence-electron chi connectivity index (χ2n) is 5.67. The van der Waals surface area contributed by atoms with E-state index in [4.69, 9.17) is 5.73 Å². The Morgan fingerprint density at radius 3 is 2.72 bits per heavy atom. The van der Waals surface area contributed by atoms with E-state index in [0.717, 1.165) is 12.3 Å². The second kappa shape index (κ2) is 7.48. The van der Waals surface area contributed by atoms with Crippen LogP contribution in [0.25, 0.3) is 0 Å². The first-order chi connectivity index (χ1) is 11.5. The number of hydrogen-bond acceptors (Lipinski definition) is 4. The van der Waals surface area contributed by atoms with Gasteiger partial charge in [-0.1, -0.05) is 12.1 Å². The molecule has 0 saturated carbocycles. The van der Waals surface area contributed by atoms with Crippen LogP contribution in [0.15, 0.2) is 29.3 Å². The number of ether oxygens (including phenoxy) is 1. The molecule has 140 valence electrons. The van der Waals surface area contributed by atoms with Crippen molar-refractivity contribution in [2.45, 2.75) is 12.8 Å². The molecule has 3 N–H and O–H groups in total. The summed E-state index contributed by atoms with van der Waals surface area (Å²) >= 11 is 0. The Morgan fingerprint density at radius 2 is 2.12 bits per heavy atom. The van der Waals surface area contributed by atoms with Gasteiger partial charge in [0, 0.05) is 19.6 Å². The summed E-state index contributed by atoms with van der Waals surface area (Å²) in [5.74, 6) is -0.481. The van der Waals surface area contributed by atoms with Crippen LogP contribution >= 0.6 is 0 Å². The maximum Gasteiger partial charge on any atom is 0.573 e. The zero-order chi connectivity index (χ0) is 18.7. The predicted molar refractivity (Wildman–Crippen MR) is 87.8 cm³/mol. The van der Waals surface area contributed by atoms with Gasteiger partial charge in [0.1, 0.15) is 0 Å². The zero-order valence-electron chi connectivity index (χ0n) is 13.5. The van der Waals surface area contributed by atoms with Gasteiger partial charge >= 0.3 is 6.36 Å². The average molecular weight is 380 g/mol. The Morgan fingerprint density at radius 1 is 1.44 bits per heavy atom. The Hall–Kier alpha value is -2.01. The molecule has 0 aliphatic carbocycles. The lowest BCUT2D eigenvalue weighted by atomic mass is 10.1. The first kappa shape index (κ1) is 19.3. The third-order valence-corrected chi connectivity index (χ3v) is 4.88. The number of nitrogens with two attached hydrogens (primary N) is 1. The van der Waals surface area contributed by atoms with Crippen molar-refractivity contribution in [2.24, 2.45) is 16.6 Å². The molecule has 1 atom stereocenters. The monoisotopic (exact) mass is 380 g/mol. The smallest absolute Gasteiger partial charge is 0.404 e. The number of aliphatic imine (C=N–C) groups is 1. The molecule has 0 bridgehead atoms. The van der Waals surface area contributed by atoms with Gasteiger partial charge in [0.15, 0.2) is 11.7 Å². The Labute approximate surface area is 143 Å². The number of benzene rings is 1. The van der Waals surface area contributed by atoms with Crippen LogP contribution in [0.1, 0.15) is 6.42 Å². The number of rotatable bonds is 5. The molecule has 0 radical (unpaired) electrons. The summed E-state index contributed by atoms with van der Waals surface area (Å²) in [6, 6.07) is 5.46. The standard InChI is InChI=1S/C14H19F3N4O3S/c1-25(22,23)21-7-6-10(9-21)8-19-13(18)20-11-4-2-3-5-12(11)24-14(15,16)17/h2-5,10H,6-9H2,1H3,(H3,18,19,20). The quantitative estimate of drug-likeness (QED) is 0.597. The summed E-state index contributed by atoms with van der Waals surface area (Å²) in [7, 11) is -3.23. The number of alkyl halides is 3. The van der Waals surface area contributed by atoms with Gasteiger partial charge in [0.25, 0.3) is 0 Å². The molecular weight excluding hydrogens is 361 g/mol. The molecule has 0 aromatic heterocycles. The number of halogens is 3. The van der Waals surface area contributed by atoms with Crippen molar-refractivity contribution < 1.29 is 26.3 Å². The van der Waals surface area contributed by atoms with Crippen LogP contribution in [0.5, 0.6) is 5.75 Å². The number of guanidine groups is 1. The normalized spacial score (nSPS) is 19.8. The fraction of sp³-hybridized carbons (Fsp3) is 0.500. The number of anilines is 1. The molecule has 7 nitrogen and oxygen atoms in total. The van der Waals surface area contributed by atoms with Crippen molar-refractivity contribution in [3.63, 3.8) is 0 Å². The van der Waals surface area contributed by atoms with Crippen molar-refractivity contribution in [1.82, 2.24) is 4.31 Å². The number of sulfonamides is 1. The van der Waals surface area contributed by atoms with Gasteiger partial charge in [0.05, 0.1) is 11.9 Å². The molecule has 1 saturated heterocycles. The van der Waals surface area contributed by atoms with Crippen LogP contribution in [0, 0.1) is 5.92 Å². The van der Waals surface area contributed by atoms with Gasteiger partial charge in [-0.3, -0.25) is 4.99 Å². The van der Waals surface area contributed by atoms with Crippen molar-refractivity contribution in [3.05, 3.63) is 24.3 Å². The van der Waals surface area contributed by atoms with Gasteiger partial charge in [-0.15, -0.1) is 13.2 Å². The predicted octanol–water partition coefficient (Wildman–Crippen LogP) is 1.59. The Bertz CT molecular complexity index is 737. The molecule has 1 aliphatic heterocycles. The highest BCUT2D eigenvalue weighted by Gasteiger charge is 2.32. The van der Waals surface area contributed by atoms with E-state index in [1.54, 1.807) is 0 Å². The van der Waals surface area contributed by atoms with Crippen molar-refractivity contribution in [1.29, 1.82) is 0 Å². The van der Waals surface area contributed by atoms with Crippen LogP contribution in [-0.4, -0.2) is 50.9 Å². The van der Waals surface area contributed by atoms with Crippen LogP contribution < -0.4 is 15.8 Å². The summed E-state index contributed by atoms with van der Waals surface area (Å²) < 4.78 is 65.3. The average Bonchev–Trinajstić information content (AvgIpc) is 2.95. The molecule has 25 heavy (non-hydrogen) atoms. The summed E-state index contributed by atoms with van der Waals surface area (Å²) in [6.07, 6.45) is -3.02. The maximum atomic E-state index is 12.4. The van der Waals surface area contributed by atoms with Crippen molar-refractivity contribution >= 4 is 21.7 Å². The highest BCUT2D eigenvalue weighted by atomic mass is 32.2. The number of hydrogen-bond donors (Lipinski definition) is 2. The lowest BCUT2D eigenvalue weighted by Crippen LogP contribution is -2.28. The molecule has 1 heterocycles. The van der Waals surface area contributed by atoms with E-state index in [1.807, 2.05) is 0 Å². The highest BCUT2D eigenvalue weighted by molar-refractivity contribution is 7.88. The molecule has 0 amide bonds. The minimum atomic E-state index is -4.82. The molecule has 1 fully saturated rings. The Kier molecular flexibility index (Phi) is 5.78. The first-order valence-corrected chi connectivity index (χ1v) is 9.26. The SMILES string of the molecule is CS(=O)(=O)N1CCC(CN=C(N)Nc2ccccc2OC(F)(F)F)C1. The summed E-state index contributed by atoms with van der Waals surface area (Å²) in [4.78, 5) is 4.08. The fourth-order valence-electron chi connectivity index (χ4n) is 2.44. The van der Waals surface area contributed by atoms with Gasteiger partial charge in [0.2, 0.25) is 10.0 Å².